The number of nitrogens with zero attached hydrogens (tertiary/aromatic N) is 2. The highest BCUT2D eigenvalue weighted by atomic mass is 35.5. The van der Waals surface area contributed by atoms with E-state index in [9.17, 15) is 9.59 Å². The topological polar surface area (TPSA) is 92.8 Å². The predicted molar refractivity (Wildman–Crippen MR) is 123 cm³/mol. The molecule has 1 aromatic rings. The molecule has 1 rings (SSSR count). The van der Waals surface area contributed by atoms with E-state index in [0.29, 0.717) is 32.7 Å². The second-order valence-corrected chi connectivity index (χ2v) is 6.47. The van der Waals surface area contributed by atoms with Gasteiger partial charge in [-0.2, -0.15) is 0 Å². The molecule has 174 valence electrons. The molecule has 1 aromatic heterocycles. The summed E-state index contributed by atoms with van der Waals surface area (Å²) >= 11 is 0. The van der Waals surface area contributed by atoms with E-state index in [-0.39, 0.29) is 38.0 Å². The van der Waals surface area contributed by atoms with Gasteiger partial charge in [-0.3, -0.25) is 9.88 Å². The van der Waals surface area contributed by atoms with Gasteiger partial charge in [-0.25, -0.2) is 9.59 Å². The standard InChI is InChI=1S/C20H34N4O4.2ClH/c1-3-5-10-22-19(25)27-14-12-24(17-18-8-7-9-21-16-18)13-15-28-20(26)23-11-6-4-2;;/h7-9,16H,3-6,10-15,17H2,1-2H3,(H,22,25)(H,23,26);2*1H. The Balaban J connectivity index is 0. The van der Waals surface area contributed by atoms with Gasteiger partial charge in [0.25, 0.3) is 0 Å². The van der Waals surface area contributed by atoms with Crippen molar-refractivity contribution in [3.05, 3.63) is 30.1 Å². The van der Waals surface area contributed by atoms with Crippen LogP contribution < -0.4 is 10.6 Å². The Bertz CT molecular complexity index is 525. The third-order valence-electron chi connectivity index (χ3n) is 4.01. The third kappa shape index (κ3) is 16.1. The zero-order valence-electron chi connectivity index (χ0n) is 17.9. The quantitative estimate of drug-likeness (QED) is 0.405. The Morgan fingerprint density at radius 1 is 0.967 bits per heavy atom. The number of unbranched alkanes of at least 4 members (excludes halogenated alkanes) is 2. The fourth-order valence-electron chi connectivity index (χ4n) is 2.39. The van der Waals surface area contributed by atoms with Crippen molar-refractivity contribution < 1.29 is 19.1 Å². The van der Waals surface area contributed by atoms with E-state index in [0.717, 1.165) is 31.2 Å². The van der Waals surface area contributed by atoms with Gasteiger partial charge in [0, 0.05) is 45.1 Å². The summed E-state index contributed by atoms with van der Waals surface area (Å²) in [7, 11) is 0. The monoisotopic (exact) mass is 466 g/mol. The van der Waals surface area contributed by atoms with Gasteiger partial charge in [-0.05, 0) is 24.5 Å². The smallest absolute Gasteiger partial charge is 0.407 e. The second-order valence-electron chi connectivity index (χ2n) is 6.47. The lowest BCUT2D eigenvalue weighted by Crippen LogP contribution is -2.34. The minimum atomic E-state index is -0.402. The molecule has 0 aliphatic heterocycles. The molecule has 0 aliphatic rings. The maximum atomic E-state index is 11.6. The van der Waals surface area contributed by atoms with Crippen LogP contribution in [-0.2, 0) is 16.0 Å². The van der Waals surface area contributed by atoms with Crippen LogP contribution >= 0.6 is 24.8 Å². The van der Waals surface area contributed by atoms with E-state index >= 15 is 0 Å². The van der Waals surface area contributed by atoms with Crippen LogP contribution in [0.5, 0.6) is 0 Å². The summed E-state index contributed by atoms with van der Waals surface area (Å²) in [6, 6.07) is 3.86. The number of hydrogen-bond acceptors (Lipinski definition) is 6. The Morgan fingerprint density at radius 3 is 1.93 bits per heavy atom. The van der Waals surface area contributed by atoms with Gasteiger partial charge in [-0.15, -0.1) is 24.8 Å². The van der Waals surface area contributed by atoms with Crippen LogP contribution in [0.3, 0.4) is 0 Å². The maximum Gasteiger partial charge on any atom is 0.407 e. The first-order valence-electron chi connectivity index (χ1n) is 10.1. The molecule has 10 heteroatoms. The van der Waals surface area contributed by atoms with E-state index in [1.165, 1.54) is 0 Å². The van der Waals surface area contributed by atoms with E-state index in [1.54, 1.807) is 12.4 Å². The summed E-state index contributed by atoms with van der Waals surface area (Å²) in [6.45, 7) is 7.61. The van der Waals surface area contributed by atoms with Crippen LogP contribution in [0.2, 0.25) is 0 Å². The van der Waals surface area contributed by atoms with Crippen molar-refractivity contribution in [3.63, 3.8) is 0 Å². The summed E-state index contributed by atoms with van der Waals surface area (Å²) in [4.78, 5) is 29.5. The van der Waals surface area contributed by atoms with Crippen LogP contribution in [-0.4, -0.2) is 61.5 Å². The van der Waals surface area contributed by atoms with Gasteiger partial charge in [0.05, 0.1) is 0 Å². The number of halogens is 2. The first-order valence-corrected chi connectivity index (χ1v) is 10.1. The third-order valence-corrected chi connectivity index (χ3v) is 4.01. The molecule has 0 bridgehead atoms. The van der Waals surface area contributed by atoms with E-state index in [1.807, 2.05) is 12.1 Å². The lowest BCUT2D eigenvalue weighted by atomic mass is 10.2. The molecule has 0 aromatic carbocycles. The lowest BCUT2D eigenvalue weighted by molar-refractivity contribution is 0.104. The highest BCUT2D eigenvalue weighted by Gasteiger charge is 2.10. The molecule has 0 aliphatic carbocycles. The zero-order chi connectivity index (χ0) is 20.5. The Hall–Kier alpha value is -1.77. The van der Waals surface area contributed by atoms with E-state index < -0.39 is 12.2 Å². The van der Waals surface area contributed by atoms with Gasteiger partial charge in [0.1, 0.15) is 13.2 Å². The molecule has 2 N–H and O–H groups in total. The van der Waals surface area contributed by atoms with Crippen molar-refractivity contribution in [1.82, 2.24) is 20.5 Å². The number of nitrogens with one attached hydrogen (secondary N) is 2. The highest BCUT2D eigenvalue weighted by Crippen LogP contribution is 2.03. The van der Waals surface area contributed by atoms with Gasteiger partial charge in [-0.1, -0.05) is 32.8 Å². The van der Waals surface area contributed by atoms with Crippen molar-refractivity contribution in [2.75, 3.05) is 39.4 Å². The molecule has 0 unspecified atom stereocenters. The SMILES string of the molecule is CCCCNC(=O)OCCN(CCOC(=O)NCCCC)Cc1cccnc1.Cl.Cl. The van der Waals surface area contributed by atoms with Crippen LogP contribution in [0.15, 0.2) is 24.5 Å². The average molecular weight is 467 g/mol. The molecular weight excluding hydrogens is 431 g/mol. The summed E-state index contributed by atoms with van der Waals surface area (Å²) in [5.74, 6) is 0. The molecule has 2 amide bonds. The fourth-order valence-corrected chi connectivity index (χ4v) is 2.39. The van der Waals surface area contributed by atoms with Crippen LogP contribution in [0.1, 0.15) is 45.1 Å². The van der Waals surface area contributed by atoms with Crippen LogP contribution in [0.25, 0.3) is 0 Å². The Kier molecular flexibility index (Phi) is 20.8. The zero-order valence-corrected chi connectivity index (χ0v) is 19.6. The number of rotatable bonds is 14. The van der Waals surface area contributed by atoms with Crippen molar-refractivity contribution in [2.45, 2.75) is 46.1 Å². The highest BCUT2D eigenvalue weighted by molar-refractivity contribution is 5.85. The molecule has 0 saturated carbocycles. The summed E-state index contributed by atoms with van der Waals surface area (Å²) in [5.41, 5.74) is 1.04. The average Bonchev–Trinajstić information content (AvgIpc) is 2.69. The molecule has 1 heterocycles. The second kappa shape index (κ2) is 20.5. The predicted octanol–water partition coefficient (Wildman–Crippen LogP) is 3.78. The molecule has 0 fully saturated rings. The van der Waals surface area contributed by atoms with Crippen molar-refractivity contribution in [2.24, 2.45) is 0 Å². The van der Waals surface area contributed by atoms with E-state index in [2.05, 4.69) is 34.4 Å². The summed E-state index contributed by atoms with van der Waals surface area (Å²) < 4.78 is 10.4. The molecular formula is C20H36Cl2N4O4. The van der Waals surface area contributed by atoms with Crippen molar-refractivity contribution in [1.29, 1.82) is 0 Å². The molecule has 0 saturated heterocycles. The number of pyridine rings is 1. The van der Waals surface area contributed by atoms with Gasteiger partial charge >= 0.3 is 12.2 Å². The number of amides is 2. The first-order chi connectivity index (χ1) is 13.7. The number of alkyl carbamates (subject to hydrolysis) is 2. The Labute approximate surface area is 192 Å². The lowest BCUT2D eigenvalue weighted by Gasteiger charge is -2.22. The Morgan fingerprint density at radius 2 is 1.50 bits per heavy atom. The van der Waals surface area contributed by atoms with Gasteiger partial charge in [0.2, 0.25) is 0 Å². The summed E-state index contributed by atoms with van der Waals surface area (Å²) in [6.07, 6.45) is 6.61. The molecule has 0 atom stereocenters. The number of ether oxygens (including phenoxy) is 2. The van der Waals surface area contributed by atoms with E-state index in [4.69, 9.17) is 9.47 Å². The van der Waals surface area contributed by atoms with Gasteiger partial charge < -0.3 is 20.1 Å². The minimum Gasteiger partial charge on any atom is -0.448 e. The maximum absolute atomic E-state index is 11.6. The number of hydrogen-bond donors (Lipinski definition) is 2. The minimum absolute atomic E-state index is 0. The molecule has 0 radical (unpaired) electrons. The molecule has 8 nitrogen and oxygen atoms in total. The van der Waals surface area contributed by atoms with Crippen molar-refractivity contribution in [3.8, 4) is 0 Å². The largest absolute Gasteiger partial charge is 0.448 e. The fraction of sp³-hybridized carbons (Fsp3) is 0.650. The normalized spacial score (nSPS) is 9.83. The first kappa shape index (κ1) is 30.4. The number of carbonyl (C=O) groups is 2. The van der Waals surface area contributed by atoms with Crippen LogP contribution in [0.4, 0.5) is 9.59 Å². The van der Waals surface area contributed by atoms with Crippen LogP contribution in [0, 0.1) is 0 Å². The number of aromatic nitrogens is 1. The molecule has 0 spiro atoms. The van der Waals surface area contributed by atoms with Gasteiger partial charge in [0.15, 0.2) is 0 Å². The molecule has 30 heavy (non-hydrogen) atoms. The summed E-state index contributed by atoms with van der Waals surface area (Å²) in [5, 5.41) is 5.44. The number of carbonyl (C=O) groups excluding carboxylic acids is 2. The van der Waals surface area contributed by atoms with Crippen molar-refractivity contribution >= 4 is 37.0 Å².